The molecule has 2 aromatic carbocycles. The molecule has 0 atom stereocenters. The highest BCUT2D eigenvalue weighted by atomic mass is 79.9. The molecule has 27 heavy (non-hydrogen) atoms. The summed E-state index contributed by atoms with van der Waals surface area (Å²) >= 11 is 3.68. The van der Waals surface area contributed by atoms with Gasteiger partial charge in [-0.15, -0.1) is 0 Å². The van der Waals surface area contributed by atoms with Crippen LogP contribution in [0.5, 0.6) is 11.5 Å². The molecule has 0 heterocycles. The standard InChI is InChI=1S/C20H25BrO6/c1-22-12-25-10-9-16-19(15-7-5-4-6-8-15)17(26-13-23-2)11-18(20(16)21)27-14-24-3/h4-8,11H,9-10,12-14H2,1-3H3. The first-order chi connectivity index (χ1) is 13.2. The lowest BCUT2D eigenvalue weighted by atomic mass is 9.96. The topological polar surface area (TPSA) is 55.4 Å². The molecule has 0 N–H and O–H groups in total. The van der Waals surface area contributed by atoms with Crippen molar-refractivity contribution in [1.29, 1.82) is 0 Å². The summed E-state index contributed by atoms with van der Waals surface area (Å²) < 4.78 is 33.0. The van der Waals surface area contributed by atoms with Crippen LogP contribution in [-0.4, -0.2) is 48.3 Å². The van der Waals surface area contributed by atoms with Gasteiger partial charge in [0.15, 0.2) is 13.6 Å². The van der Waals surface area contributed by atoms with Gasteiger partial charge >= 0.3 is 0 Å². The lowest BCUT2D eigenvalue weighted by Crippen LogP contribution is -2.08. The Hall–Kier alpha value is -1.64. The highest BCUT2D eigenvalue weighted by Crippen LogP contribution is 2.43. The van der Waals surface area contributed by atoms with E-state index in [4.69, 9.17) is 28.4 Å². The van der Waals surface area contributed by atoms with Crippen LogP contribution in [0.2, 0.25) is 0 Å². The van der Waals surface area contributed by atoms with Gasteiger partial charge in [-0.3, -0.25) is 0 Å². The van der Waals surface area contributed by atoms with Crippen LogP contribution < -0.4 is 9.47 Å². The minimum atomic E-state index is 0.130. The number of methoxy groups -OCH3 is 3. The molecule has 0 bridgehead atoms. The maximum atomic E-state index is 5.86. The number of hydrogen-bond donors (Lipinski definition) is 0. The van der Waals surface area contributed by atoms with Crippen molar-refractivity contribution in [2.45, 2.75) is 6.42 Å². The van der Waals surface area contributed by atoms with Gasteiger partial charge in [-0.05, 0) is 33.5 Å². The molecule has 0 amide bonds. The molecule has 6 nitrogen and oxygen atoms in total. The van der Waals surface area contributed by atoms with E-state index < -0.39 is 0 Å². The molecule has 7 heteroatoms. The van der Waals surface area contributed by atoms with Gasteiger partial charge < -0.3 is 28.4 Å². The summed E-state index contributed by atoms with van der Waals surface area (Å²) in [5, 5.41) is 0. The third-order valence-electron chi connectivity index (χ3n) is 3.72. The third kappa shape index (κ3) is 6.19. The Kier molecular flexibility index (Phi) is 9.58. The normalized spacial score (nSPS) is 10.8. The first kappa shape index (κ1) is 21.7. The van der Waals surface area contributed by atoms with Gasteiger partial charge in [0.05, 0.1) is 11.1 Å². The van der Waals surface area contributed by atoms with Crippen LogP contribution in [0.25, 0.3) is 11.1 Å². The fourth-order valence-corrected chi connectivity index (χ4v) is 3.22. The first-order valence-electron chi connectivity index (χ1n) is 8.43. The third-order valence-corrected chi connectivity index (χ3v) is 4.59. The quantitative estimate of drug-likeness (QED) is 0.363. The van der Waals surface area contributed by atoms with Gasteiger partial charge in [0.2, 0.25) is 0 Å². The molecule has 2 rings (SSSR count). The van der Waals surface area contributed by atoms with Crippen molar-refractivity contribution in [1.82, 2.24) is 0 Å². The highest BCUT2D eigenvalue weighted by Gasteiger charge is 2.20. The van der Waals surface area contributed by atoms with E-state index in [1.165, 1.54) is 0 Å². The van der Waals surface area contributed by atoms with Gasteiger partial charge in [0, 0.05) is 33.0 Å². The van der Waals surface area contributed by atoms with Crippen LogP contribution in [0, 0.1) is 0 Å². The van der Waals surface area contributed by atoms with Crippen LogP contribution >= 0.6 is 15.9 Å². The molecule has 148 valence electrons. The van der Waals surface area contributed by atoms with Crippen molar-refractivity contribution in [3.63, 3.8) is 0 Å². The summed E-state index contributed by atoms with van der Waals surface area (Å²) in [7, 11) is 4.76. The first-order valence-corrected chi connectivity index (χ1v) is 9.23. The summed E-state index contributed by atoms with van der Waals surface area (Å²) in [6.07, 6.45) is 0.641. The van der Waals surface area contributed by atoms with Crippen molar-refractivity contribution < 1.29 is 28.4 Å². The fraction of sp³-hybridized carbons (Fsp3) is 0.400. The van der Waals surface area contributed by atoms with Crippen LogP contribution in [0.15, 0.2) is 40.9 Å². The molecule has 0 fully saturated rings. The number of halogens is 1. The van der Waals surface area contributed by atoms with Crippen LogP contribution in [0.3, 0.4) is 0 Å². The van der Waals surface area contributed by atoms with E-state index in [-0.39, 0.29) is 20.4 Å². The monoisotopic (exact) mass is 440 g/mol. The fourth-order valence-electron chi connectivity index (χ4n) is 2.60. The Morgan fingerprint density at radius 3 is 2.07 bits per heavy atom. The summed E-state index contributed by atoms with van der Waals surface area (Å²) in [5.41, 5.74) is 3.01. The summed E-state index contributed by atoms with van der Waals surface area (Å²) in [6, 6.07) is 11.9. The molecule has 0 aliphatic rings. The number of benzene rings is 2. The Balaban J connectivity index is 2.51. The zero-order valence-corrected chi connectivity index (χ0v) is 17.4. The second kappa shape index (κ2) is 11.9. The predicted octanol–water partition coefficient (Wildman–Crippen LogP) is 4.24. The van der Waals surface area contributed by atoms with E-state index in [1.54, 1.807) is 21.3 Å². The molecule has 0 saturated heterocycles. The SMILES string of the molecule is COCOCCc1c(Br)c(OCOC)cc(OCOC)c1-c1ccccc1. The average molecular weight is 441 g/mol. The number of hydrogen-bond acceptors (Lipinski definition) is 6. The van der Waals surface area contributed by atoms with Crippen molar-refractivity contribution in [3.05, 3.63) is 46.4 Å². The molecular formula is C20H25BrO6. The molecule has 0 aliphatic heterocycles. The zero-order chi connectivity index (χ0) is 19.5. The van der Waals surface area contributed by atoms with Crippen molar-refractivity contribution in [3.8, 4) is 22.6 Å². The van der Waals surface area contributed by atoms with Gasteiger partial charge in [-0.1, -0.05) is 30.3 Å². The Labute approximate surface area is 168 Å². The van der Waals surface area contributed by atoms with Gasteiger partial charge in [-0.2, -0.15) is 0 Å². The summed E-state index contributed by atoms with van der Waals surface area (Å²) in [6.45, 7) is 0.992. The minimum absolute atomic E-state index is 0.130. The van der Waals surface area contributed by atoms with Crippen molar-refractivity contribution in [2.75, 3.05) is 48.3 Å². The number of rotatable bonds is 12. The largest absolute Gasteiger partial charge is 0.467 e. The van der Waals surface area contributed by atoms with Crippen molar-refractivity contribution in [2.24, 2.45) is 0 Å². The lowest BCUT2D eigenvalue weighted by molar-refractivity contribution is -0.0291. The molecule has 0 radical (unpaired) electrons. The Bertz CT molecular complexity index is 693. The maximum Gasteiger partial charge on any atom is 0.188 e. The highest BCUT2D eigenvalue weighted by molar-refractivity contribution is 9.10. The average Bonchev–Trinajstić information content (AvgIpc) is 2.70. The van der Waals surface area contributed by atoms with Crippen LogP contribution in [0.4, 0.5) is 0 Å². The van der Waals surface area contributed by atoms with E-state index in [0.29, 0.717) is 24.5 Å². The molecule has 0 spiro atoms. The molecular weight excluding hydrogens is 416 g/mol. The molecule has 0 unspecified atom stereocenters. The minimum Gasteiger partial charge on any atom is -0.467 e. The Morgan fingerprint density at radius 1 is 0.815 bits per heavy atom. The Morgan fingerprint density at radius 2 is 1.44 bits per heavy atom. The van der Waals surface area contributed by atoms with Crippen LogP contribution in [-0.2, 0) is 25.4 Å². The molecule has 0 aromatic heterocycles. The summed E-state index contributed by atoms with van der Waals surface area (Å²) in [4.78, 5) is 0. The lowest BCUT2D eigenvalue weighted by Gasteiger charge is -2.20. The second-order valence-electron chi connectivity index (χ2n) is 5.57. The summed E-state index contributed by atoms with van der Waals surface area (Å²) in [5.74, 6) is 1.29. The molecule has 2 aromatic rings. The van der Waals surface area contributed by atoms with E-state index in [2.05, 4.69) is 15.9 Å². The van der Waals surface area contributed by atoms with E-state index in [9.17, 15) is 0 Å². The van der Waals surface area contributed by atoms with E-state index >= 15 is 0 Å². The molecule has 0 aliphatic carbocycles. The van der Waals surface area contributed by atoms with Gasteiger partial charge in [0.1, 0.15) is 18.3 Å². The maximum absolute atomic E-state index is 5.86. The van der Waals surface area contributed by atoms with Gasteiger partial charge in [-0.25, -0.2) is 0 Å². The zero-order valence-electron chi connectivity index (χ0n) is 15.8. The van der Waals surface area contributed by atoms with Gasteiger partial charge in [0.25, 0.3) is 0 Å². The molecule has 0 saturated carbocycles. The second-order valence-corrected chi connectivity index (χ2v) is 6.37. The van der Waals surface area contributed by atoms with Crippen molar-refractivity contribution >= 4 is 15.9 Å². The number of ether oxygens (including phenoxy) is 6. The predicted molar refractivity (Wildman–Crippen MR) is 106 cm³/mol. The van der Waals surface area contributed by atoms with Crippen LogP contribution in [0.1, 0.15) is 5.56 Å². The van der Waals surface area contributed by atoms with E-state index in [1.807, 2.05) is 36.4 Å². The smallest absolute Gasteiger partial charge is 0.188 e. The van der Waals surface area contributed by atoms with E-state index in [0.717, 1.165) is 21.2 Å².